The summed E-state index contributed by atoms with van der Waals surface area (Å²) in [4.78, 5) is 11.3. The van der Waals surface area contributed by atoms with E-state index < -0.39 is 0 Å². The Morgan fingerprint density at radius 3 is 1.71 bits per heavy atom. The van der Waals surface area contributed by atoms with Crippen LogP contribution in [0.2, 0.25) is 20.1 Å². The van der Waals surface area contributed by atoms with Crippen molar-refractivity contribution in [1.82, 2.24) is 0 Å². The number of hydrogen-bond acceptors (Lipinski definition) is 3. The SMILES string of the molecule is O=Cc1ccc(OCc2c(Cl)cccc2Cl)cc1OCc1c(Cl)cccc1Cl. The number of hydrogen-bond donors (Lipinski definition) is 0. The van der Waals surface area contributed by atoms with Gasteiger partial charge in [0.2, 0.25) is 0 Å². The maximum atomic E-state index is 11.3. The average Bonchev–Trinajstić information content (AvgIpc) is 2.67. The van der Waals surface area contributed by atoms with Gasteiger partial charge in [-0.05, 0) is 36.4 Å². The van der Waals surface area contributed by atoms with E-state index >= 15 is 0 Å². The summed E-state index contributed by atoms with van der Waals surface area (Å²) in [7, 11) is 0. The monoisotopic (exact) mass is 454 g/mol. The Kier molecular flexibility index (Phi) is 7.08. The Morgan fingerprint density at radius 1 is 0.714 bits per heavy atom. The highest BCUT2D eigenvalue weighted by Gasteiger charge is 2.11. The van der Waals surface area contributed by atoms with E-state index in [9.17, 15) is 4.79 Å². The summed E-state index contributed by atoms with van der Waals surface area (Å²) in [6.45, 7) is 0.286. The van der Waals surface area contributed by atoms with Crippen molar-refractivity contribution in [3.05, 3.63) is 91.4 Å². The van der Waals surface area contributed by atoms with Gasteiger partial charge in [0.05, 0.1) is 5.56 Å². The van der Waals surface area contributed by atoms with Gasteiger partial charge in [0.1, 0.15) is 24.7 Å². The number of carbonyl (C=O) groups excluding carboxylic acids is 1. The molecule has 0 bridgehead atoms. The predicted octanol–water partition coefficient (Wildman–Crippen LogP) is 7.27. The highest BCUT2D eigenvalue weighted by molar-refractivity contribution is 6.36. The van der Waals surface area contributed by atoms with Gasteiger partial charge in [0, 0.05) is 37.3 Å². The second-order valence-electron chi connectivity index (χ2n) is 5.80. The van der Waals surface area contributed by atoms with Crippen LogP contribution in [-0.4, -0.2) is 6.29 Å². The third-order valence-electron chi connectivity index (χ3n) is 3.99. The average molecular weight is 456 g/mol. The first-order valence-corrected chi connectivity index (χ1v) is 9.71. The summed E-state index contributed by atoms with van der Waals surface area (Å²) in [6.07, 6.45) is 0.707. The Bertz CT molecular complexity index is 964. The van der Waals surface area contributed by atoms with Crippen molar-refractivity contribution in [1.29, 1.82) is 0 Å². The van der Waals surface area contributed by atoms with Crippen molar-refractivity contribution in [3.8, 4) is 11.5 Å². The lowest BCUT2D eigenvalue weighted by molar-refractivity contribution is 0.111. The van der Waals surface area contributed by atoms with E-state index in [1.165, 1.54) is 0 Å². The number of benzene rings is 3. The third-order valence-corrected chi connectivity index (χ3v) is 5.41. The molecule has 0 aliphatic rings. The highest BCUT2D eigenvalue weighted by atomic mass is 35.5. The van der Waals surface area contributed by atoms with Gasteiger partial charge in [-0.3, -0.25) is 4.79 Å². The van der Waals surface area contributed by atoms with Gasteiger partial charge in [0.15, 0.2) is 6.29 Å². The molecule has 7 heteroatoms. The van der Waals surface area contributed by atoms with Gasteiger partial charge in [-0.1, -0.05) is 58.5 Å². The van der Waals surface area contributed by atoms with Crippen LogP contribution in [0.4, 0.5) is 0 Å². The molecule has 3 rings (SSSR count). The topological polar surface area (TPSA) is 35.5 Å². The molecule has 0 aliphatic carbocycles. The Hall–Kier alpha value is -1.91. The van der Waals surface area contributed by atoms with Crippen LogP contribution in [0.1, 0.15) is 21.5 Å². The Morgan fingerprint density at radius 2 is 1.21 bits per heavy atom. The third kappa shape index (κ3) is 4.92. The molecule has 0 saturated carbocycles. The molecule has 144 valence electrons. The molecule has 0 spiro atoms. The first-order valence-electron chi connectivity index (χ1n) is 8.20. The zero-order valence-electron chi connectivity index (χ0n) is 14.4. The molecule has 0 fully saturated rings. The normalized spacial score (nSPS) is 10.6. The molecular weight excluding hydrogens is 442 g/mol. The largest absolute Gasteiger partial charge is 0.489 e. The molecule has 0 aliphatic heterocycles. The molecule has 28 heavy (non-hydrogen) atoms. The summed E-state index contributed by atoms with van der Waals surface area (Å²) in [5.74, 6) is 0.857. The van der Waals surface area contributed by atoms with Crippen LogP contribution in [0, 0.1) is 0 Å². The van der Waals surface area contributed by atoms with Crippen LogP contribution in [0.5, 0.6) is 11.5 Å². The fraction of sp³-hybridized carbons (Fsp3) is 0.0952. The summed E-state index contributed by atoms with van der Waals surface area (Å²) >= 11 is 24.7. The summed E-state index contributed by atoms with van der Waals surface area (Å²) in [5.41, 5.74) is 1.69. The maximum absolute atomic E-state index is 11.3. The quantitative estimate of drug-likeness (QED) is 0.351. The lowest BCUT2D eigenvalue weighted by Gasteiger charge is -2.14. The summed E-state index contributed by atoms with van der Waals surface area (Å²) in [5, 5.41) is 2.01. The Balaban J connectivity index is 1.77. The van der Waals surface area contributed by atoms with Gasteiger partial charge >= 0.3 is 0 Å². The minimum Gasteiger partial charge on any atom is -0.489 e. The van der Waals surface area contributed by atoms with E-state index in [-0.39, 0.29) is 13.2 Å². The zero-order valence-corrected chi connectivity index (χ0v) is 17.4. The lowest BCUT2D eigenvalue weighted by Crippen LogP contribution is -2.02. The molecular formula is C21H14Cl4O3. The van der Waals surface area contributed by atoms with Crippen LogP contribution >= 0.6 is 46.4 Å². The molecule has 0 amide bonds. The number of aldehydes is 1. The molecule has 3 aromatic rings. The van der Waals surface area contributed by atoms with E-state index in [4.69, 9.17) is 55.9 Å². The molecule has 0 heterocycles. The lowest BCUT2D eigenvalue weighted by atomic mass is 10.2. The van der Waals surface area contributed by atoms with E-state index in [0.29, 0.717) is 54.6 Å². The number of rotatable bonds is 7. The smallest absolute Gasteiger partial charge is 0.153 e. The fourth-order valence-electron chi connectivity index (χ4n) is 2.47. The van der Waals surface area contributed by atoms with Gasteiger partial charge in [-0.25, -0.2) is 0 Å². The van der Waals surface area contributed by atoms with Crippen molar-refractivity contribution in [2.45, 2.75) is 13.2 Å². The van der Waals surface area contributed by atoms with Gasteiger partial charge < -0.3 is 9.47 Å². The molecule has 0 radical (unpaired) electrons. The summed E-state index contributed by atoms with van der Waals surface area (Å²) < 4.78 is 11.6. The first-order chi connectivity index (χ1) is 13.5. The van der Waals surface area contributed by atoms with Crippen molar-refractivity contribution in [2.75, 3.05) is 0 Å². The maximum Gasteiger partial charge on any atom is 0.153 e. The standard InChI is InChI=1S/C21H14Cl4O3/c22-17-3-1-4-18(23)15(17)11-27-14-8-7-13(10-26)21(9-14)28-12-16-19(24)5-2-6-20(16)25/h1-10H,11-12H2. The van der Waals surface area contributed by atoms with Crippen LogP contribution in [0.25, 0.3) is 0 Å². The van der Waals surface area contributed by atoms with Crippen LogP contribution < -0.4 is 9.47 Å². The number of halogens is 4. The second-order valence-corrected chi connectivity index (χ2v) is 7.42. The fourth-order valence-corrected chi connectivity index (χ4v) is 3.49. The van der Waals surface area contributed by atoms with Crippen LogP contribution in [-0.2, 0) is 13.2 Å². The predicted molar refractivity (Wildman–Crippen MR) is 113 cm³/mol. The molecule has 0 aromatic heterocycles. The molecule has 0 saturated heterocycles. The van der Waals surface area contributed by atoms with Gasteiger partial charge in [-0.2, -0.15) is 0 Å². The first kappa shape index (κ1) is 20.8. The molecule has 3 nitrogen and oxygen atoms in total. The van der Waals surface area contributed by atoms with E-state index in [2.05, 4.69) is 0 Å². The van der Waals surface area contributed by atoms with Crippen LogP contribution in [0.15, 0.2) is 54.6 Å². The van der Waals surface area contributed by atoms with E-state index in [1.54, 1.807) is 54.6 Å². The second kappa shape index (κ2) is 9.53. The van der Waals surface area contributed by atoms with Crippen molar-refractivity contribution < 1.29 is 14.3 Å². The minimum atomic E-state index is 0.110. The van der Waals surface area contributed by atoms with Crippen molar-refractivity contribution in [3.63, 3.8) is 0 Å². The number of carbonyl (C=O) groups is 1. The van der Waals surface area contributed by atoms with E-state index in [0.717, 1.165) is 0 Å². The van der Waals surface area contributed by atoms with Gasteiger partial charge in [-0.15, -0.1) is 0 Å². The summed E-state index contributed by atoms with van der Waals surface area (Å²) in [6, 6.07) is 15.3. The highest BCUT2D eigenvalue weighted by Crippen LogP contribution is 2.30. The molecule has 0 atom stereocenters. The van der Waals surface area contributed by atoms with Crippen molar-refractivity contribution >= 4 is 52.7 Å². The van der Waals surface area contributed by atoms with Crippen molar-refractivity contribution in [2.24, 2.45) is 0 Å². The Labute approximate surface area is 182 Å². The van der Waals surface area contributed by atoms with Crippen LogP contribution in [0.3, 0.4) is 0 Å². The minimum absolute atomic E-state index is 0.110. The molecule has 3 aromatic carbocycles. The van der Waals surface area contributed by atoms with E-state index in [1.807, 2.05) is 0 Å². The van der Waals surface area contributed by atoms with Gasteiger partial charge in [0.25, 0.3) is 0 Å². The molecule has 0 N–H and O–H groups in total. The number of ether oxygens (including phenoxy) is 2. The molecule has 0 unspecified atom stereocenters. The zero-order chi connectivity index (χ0) is 20.1.